The van der Waals surface area contributed by atoms with Crippen LogP contribution in [-0.4, -0.2) is 10.1 Å². The van der Waals surface area contributed by atoms with E-state index in [0.717, 1.165) is 11.1 Å². The van der Waals surface area contributed by atoms with E-state index in [1.165, 1.54) is 6.07 Å². The van der Waals surface area contributed by atoms with Gasteiger partial charge in [-0.25, -0.2) is 4.39 Å². The number of pyridine rings is 1. The molecule has 16 heavy (non-hydrogen) atoms. The van der Waals surface area contributed by atoms with Crippen molar-refractivity contribution < 1.29 is 4.39 Å². The van der Waals surface area contributed by atoms with Crippen LogP contribution in [-0.2, 0) is 0 Å². The molecule has 0 amide bonds. The first-order chi connectivity index (χ1) is 7.81. The number of aliphatic imine (C=N–C) groups is 1. The fraction of sp³-hybridized carbons (Fsp3) is 0. The third kappa shape index (κ3) is 2.19. The molecule has 0 saturated carbocycles. The van der Waals surface area contributed by atoms with Crippen LogP contribution in [0, 0.1) is 5.82 Å². The monoisotopic (exact) mass is 230 g/mol. The molecule has 0 atom stereocenters. The maximum Gasteiger partial charge on any atom is 0.149 e. The van der Waals surface area contributed by atoms with Gasteiger partial charge in [0.25, 0.3) is 0 Å². The molecule has 4 heteroatoms. The van der Waals surface area contributed by atoms with E-state index >= 15 is 0 Å². The minimum Gasteiger partial charge on any atom is -0.264 e. The van der Waals surface area contributed by atoms with Crippen molar-refractivity contribution in [2.75, 3.05) is 0 Å². The lowest BCUT2D eigenvalue weighted by Crippen LogP contribution is -1.81. The van der Waals surface area contributed by atoms with Crippen LogP contribution in [0.2, 0.25) is 0 Å². The summed E-state index contributed by atoms with van der Waals surface area (Å²) in [6.07, 6.45) is 3.39. The predicted octanol–water partition coefficient (Wildman–Crippen LogP) is 3.62. The lowest BCUT2D eigenvalue weighted by molar-refractivity contribution is 0.630. The van der Waals surface area contributed by atoms with Crippen molar-refractivity contribution in [3.05, 3.63) is 48.5 Å². The van der Waals surface area contributed by atoms with Gasteiger partial charge in [-0.15, -0.1) is 0 Å². The number of benzene rings is 1. The molecule has 0 saturated heterocycles. The SMILES string of the molecule is Fc1ccc(-c2cccnc2)cc1N=C=S. The van der Waals surface area contributed by atoms with Gasteiger partial charge in [0.15, 0.2) is 0 Å². The van der Waals surface area contributed by atoms with Crippen LogP contribution in [0.5, 0.6) is 0 Å². The van der Waals surface area contributed by atoms with Crippen LogP contribution in [0.1, 0.15) is 0 Å². The summed E-state index contributed by atoms with van der Waals surface area (Å²) in [7, 11) is 0. The van der Waals surface area contributed by atoms with Gasteiger partial charge in [-0.05, 0) is 36.0 Å². The van der Waals surface area contributed by atoms with Crippen LogP contribution in [0.4, 0.5) is 10.1 Å². The molecule has 1 aromatic carbocycles. The Morgan fingerprint density at radius 1 is 1.25 bits per heavy atom. The van der Waals surface area contributed by atoms with Gasteiger partial charge in [-0.2, -0.15) is 4.99 Å². The molecule has 0 fully saturated rings. The van der Waals surface area contributed by atoms with Gasteiger partial charge >= 0.3 is 0 Å². The first-order valence-corrected chi connectivity index (χ1v) is 5.00. The summed E-state index contributed by atoms with van der Waals surface area (Å²) in [6.45, 7) is 0. The van der Waals surface area contributed by atoms with E-state index in [1.54, 1.807) is 24.5 Å². The van der Waals surface area contributed by atoms with Crippen molar-refractivity contribution in [3.8, 4) is 11.1 Å². The molecule has 0 unspecified atom stereocenters. The topological polar surface area (TPSA) is 25.2 Å². The molecule has 1 aromatic heterocycles. The van der Waals surface area contributed by atoms with Crippen molar-refractivity contribution in [1.82, 2.24) is 4.98 Å². The number of isothiocyanates is 1. The normalized spacial score (nSPS) is 9.56. The van der Waals surface area contributed by atoms with E-state index in [9.17, 15) is 4.39 Å². The zero-order chi connectivity index (χ0) is 11.4. The van der Waals surface area contributed by atoms with Crippen molar-refractivity contribution in [3.63, 3.8) is 0 Å². The van der Waals surface area contributed by atoms with Crippen LogP contribution in [0.15, 0.2) is 47.7 Å². The quantitative estimate of drug-likeness (QED) is 0.581. The van der Waals surface area contributed by atoms with Gasteiger partial charge in [0.05, 0.1) is 5.16 Å². The molecule has 78 valence electrons. The average Bonchev–Trinajstić information content (AvgIpc) is 2.33. The first kappa shape index (κ1) is 10.6. The van der Waals surface area contributed by atoms with Crippen LogP contribution >= 0.6 is 12.2 Å². The van der Waals surface area contributed by atoms with E-state index < -0.39 is 5.82 Å². The highest BCUT2D eigenvalue weighted by Crippen LogP contribution is 2.25. The molecule has 1 heterocycles. The van der Waals surface area contributed by atoms with Gasteiger partial charge < -0.3 is 0 Å². The molecule has 0 aliphatic heterocycles. The summed E-state index contributed by atoms with van der Waals surface area (Å²) in [4.78, 5) is 7.66. The summed E-state index contributed by atoms with van der Waals surface area (Å²) in [5, 5.41) is 2.16. The minimum absolute atomic E-state index is 0.191. The standard InChI is InChI=1S/C12H7FN2S/c13-11-4-3-9(6-12(11)15-8-16)10-2-1-5-14-7-10/h1-7H. The molecular formula is C12H7FN2S. The molecular weight excluding hydrogens is 223 g/mol. The van der Waals surface area contributed by atoms with Gasteiger partial charge in [0, 0.05) is 18.0 Å². The molecule has 0 bridgehead atoms. The number of hydrogen-bond acceptors (Lipinski definition) is 3. The number of aromatic nitrogens is 1. The highest BCUT2D eigenvalue weighted by molar-refractivity contribution is 7.78. The minimum atomic E-state index is -0.412. The highest BCUT2D eigenvalue weighted by Gasteiger charge is 2.03. The Labute approximate surface area is 97.5 Å². The third-order valence-corrected chi connectivity index (χ3v) is 2.20. The molecule has 2 nitrogen and oxygen atoms in total. The van der Waals surface area contributed by atoms with Gasteiger partial charge in [-0.1, -0.05) is 12.1 Å². The molecule has 0 aliphatic rings. The zero-order valence-electron chi connectivity index (χ0n) is 8.22. The summed E-state index contributed by atoms with van der Waals surface area (Å²) in [6, 6.07) is 8.36. The van der Waals surface area contributed by atoms with Gasteiger partial charge in [0.1, 0.15) is 11.5 Å². The lowest BCUT2D eigenvalue weighted by atomic mass is 10.1. The molecule has 2 rings (SSSR count). The molecule has 0 aliphatic carbocycles. The molecule has 0 radical (unpaired) electrons. The summed E-state index contributed by atoms with van der Waals surface area (Å²) in [5.41, 5.74) is 1.94. The Morgan fingerprint density at radius 2 is 2.12 bits per heavy atom. The van der Waals surface area contributed by atoms with Crippen LogP contribution in [0.3, 0.4) is 0 Å². The second-order valence-corrected chi connectivity index (χ2v) is 3.29. The highest BCUT2D eigenvalue weighted by atomic mass is 32.1. The number of hydrogen-bond donors (Lipinski definition) is 0. The average molecular weight is 230 g/mol. The maximum absolute atomic E-state index is 13.3. The Bertz CT molecular complexity index is 548. The Morgan fingerprint density at radius 3 is 2.81 bits per heavy atom. The van der Waals surface area contributed by atoms with E-state index in [2.05, 4.69) is 27.4 Å². The summed E-state index contributed by atoms with van der Waals surface area (Å²) < 4.78 is 13.3. The van der Waals surface area contributed by atoms with Crippen LogP contribution < -0.4 is 0 Å². The lowest BCUT2D eigenvalue weighted by Gasteiger charge is -2.02. The third-order valence-electron chi connectivity index (χ3n) is 2.11. The number of nitrogens with zero attached hydrogens (tertiary/aromatic N) is 2. The predicted molar refractivity (Wildman–Crippen MR) is 64.3 cm³/mol. The fourth-order valence-electron chi connectivity index (χ4n) is 1.36. The van der Waals surface area contributed by atoms with Crippen LogP contribution in [0.25, 0.3) is 11.1 Å². The summed E-state index contributed by atoms with van der Waals surface area (Å²) in [5.74, 6) is -0.412. The summed E-state index contributed by atoms with van der Waals surface area (Å²) >= 11 is 4.46. The first-order valence-electron chi connectivity index (χ1n) is 4.59. The van der Waals surface area contributed by atoms with Crippen molar-refractivity contribution in [1.29, 1.82) is 0 Å². The Balaban J connectivity index is 2.52. The van der Waals surface area contributed by atoms with Gasteiger partial charge in [-0.3, -0.25) is 4.98 Å². The second-order valence-electron chi connectivity index (χ2n) is 3.11. The number of thiocarbonyl (C=S) groups is 1. The number of rotatable bonds is 2. The zero-order valence-corrected chi connectivity index (χ0v) is 9.04. The van der Waals surface area contributed by atoms with Crippen molar-refractivity contribution in [2.45, 2.75) is 0 Å². The van der Waals surface area contributed by atoms with E-state index in [-0.39, 0.29) is 5.69 Å². The Hall–Kier alpha value is -1.90. The smallest absolute Gasteiger partial charge is 0.149 e. The fourth-order valence-corrected chi connectivity index (χ4v) is 1.46. The van der Waals surface area contributed by atoms with E-state index in [4.69, 9.17) is 0 Å². The van der Waals surface area contributed by atoms with Crippen molar-refractivity contribution >= 4 is 23.1 Å². The number of halogens is 1. The van der Waals surface area contributed by atoms with Crippen molar-refractivity contribution in [2.24, 2.45) is 4.99 Å². The van der Waals surface area contributed by atoms with Gasteiger partial charge in [0.2, 0.25) is 0 Å². The molecule has 0 N–H and O–H groups in total. The van der Waals surface area contributed by atoms with E-state index in [1.807, 2.05) is 12.1 Å². The Kier molecular flexibility index (Phi) is 3.15. The second kappa shape index (κ2) is 4.75. The van der Waals surface area contributed by atoms with E-state index in [0.29, 0.717) is 0 Å². The molecule has 2 aromatic rings. The molecule has 0 spiro atoms. The maximum atomic E-state index is 13.3. The largest absolute Gasteiger partial charge is 0.264 e.